The van der Waals surface area contributed by atoms with E-state index in [4.69, 9.17) is 10.5 Å². The Hall–Kier alpha value is -1.06. The molecular weight excluding hydrogens is 260 g/mol. The van der Waals surface area contributed by atoms with E-state index in [-0.39, 0.29) is 5.60 Å². The zero-order valence-electron chi connectivity index (χ0n) is 13.3. The molecule has 0 radical (unpaired) electrons. The molecule has 1 heterocycles. The van der Waals surface area contributed by atoms with Gasteiger partial charge in [0.05, 0.1) is 5.60 Å². The number of nitrogens with two attached hydrogens (primary N) is 1. The summed E-state index contributed by atoms with van der Waals surface area (Å²) >= 11 is 0. The highest BCUT2D eigenvalue weighted by molar-refractivity contribution is 5.39. The maximum absolute atomic E-state index is 6.08. The third kappa shape index (κ3) is 3.24. The number of ether oxygens (including phenoxy) is 1. The van der Waals surface area contributed by atoms with E-state index in [1.165, 1.54) is 31.2 Å². The summed E-state index contributed by atoms with van der Waals surface area (Å²) in [6.45, 7) is 6.55. The first-order valence-electron chi connectivity index (χ1n) is 8.32. The molecule has 1 aliphatic heterocycles. The van der Waals surface area contributed by atoms with Gasteiger partial charge in [0.25, 0.3) is 0 Å². The van der Waals surface area contributed by atoms with Gasteiger partial charge in [-0.2, -0.15) is 0 Å². The zero-order chi connectivity index (χ0) is 14.9. The lowest BCUT2D eigenvalue weighted by Crippen LogP contribution is -2.53. The Morgan fingerprint density at radius 1 is 1.29 bits per heavy atom. The van der Waals surface area contributed by atoms with Gasteiger partial charge in [0.15, 0.2) is 0 Å². The van der Waals surface area contributed by atoms with Gasteiger partial charge in [0.1, 0.15) is 0 Å². The van der Waals surface area contributed by atoms with E-state index in [9.17, 15) is 0 Å². The monoisotopic (exact) mass is 288 g/mol. The Balaban J connectivity index is 1.70. The van der Waals surface area contributed by atoms with E-state index in [0.717, 1.165) is 25.3 Å². The minimum atomic E-state index is 0.219. The van der Waals surface area contributed by atoms with Crippen LogP contribution in [0.25, 0.3) is 0 Å². The molecule has 1 saturated heterocycles. The standard InChI is InChI=1S/C18H28N2O/c1-14(2)20(13-15-4-6-16(19)7-5-15)17-8-11-21-18(12-17)9-3-10-18/h4-7,14,17H,3,8-13,19H2,1-2H3. The van der Waals surface area contributed by atoms with Crippen molar-refractivity contribution in [2.24, 2.45) is 0 Å². The maximum atomic E-state index is 6.08. The summed E-state index contributed by atoms with van der Waals surface area (Å²) < 4.78 is 6.08. The fraction of sp³-hybridized carbons (Fsp3) is 0.667. The van der Waals surface area contributed by atoms with Gasteiger partial charge in [-0.15, -0.1) is 0 Å². The van der Waals surface area contributed by atoms with E-state index >= 15 is 0 Å². The van der Waals surface area contributed by atoms with E-state index in [1.54, 1.807) is 0 Å². The van der Waals surface area contributed by atoms with Crippen LogP contribution < -0.4 is 5.73 Å². The number of rotatable bonds is 4. The van der Waals surface area contributed by atoms with Crippen LogP contribution in [0.2, 0.25) is 0 Å². The number of hydrogen-bond donors (Lipinski definition) is 1. The second kappa shape index (κ2) is 5.98. The van der Waals surface area contributed by atoms with Crippen molar-refractivity contribution in [1.82, 2.24) is 4.90 Å². The lowest BCUT2D eigenvalue weighted by atomic mass is 9.73. The van der Waals surface area contributed by atoms with Crippen molar-refractivity contribution in [1.29, 1.82) is 0 Å². The van der Waals surface area contributed by atoms with Crippen LogP contribution in [0.4, 0.5) is 5.69 Å². The molecule has 2 aliphatic rings. The smallest absolute Gasteiger partial charge is 0.0697 e. The largest absolute Gasteiger partial charge is 0.399 e. The number of nitrogen functional groups attached to an aromatic ring is 1. The summed E-state index contributed by atoms with van der Waals surface area (Å²) in [6.07, 6.45) is 6.23. The van der Waals surface area contributed by atoms with Crippen molar-refractivity contribution in [3.63, 3.8) is 0 Å². The summed E-state index contributed by atoms with van der Waals surface area (Å²) in [5, 5.41) is 0. The van der Waals surface area contributed by atoms with Crippen LogP contribution in [0, 0.1) is 0 Å². The van der Waals surface area contributed by atoms with Crippen LogP contribution in [0.3, 0.4) is 0 Å². The van der Waals surface area contributed by atoms with Crippen molar-refractivity contribution in [2.75, 3.05) is 12.3 Å². The first-order valence-corrected chi connectivity index (χ1v) is 8.32. The van der Waals surface area contributed by atoms with Crippen LogP contribution in [0.1, 0.15) is 51.5 Å². The van der Waals surface area contributed by atoms with Gasteiger partial charge >= 0.3 is 0 Å². The molecule has 1 aliphatic carbocycles. The van der Waals surface area contributed by atoms with E-state index in [2.05, 4.69) is 30.9 Å². The number of benzene rings is 1. The molecule has 1 aromatic carbocycles. The van der Waals surface area contributed by atoms with Gasteiger partial charge in [0, 0.05) is 30.9 Å². The van der Waals surface area contributed by atoms with Crippen LogP contribution in [0.5, 0.6) is 0 Å². The molecule has 2 N–H and O–H groups in total. The molecule has 1 saturated carbocycles. The van der Waals surface area contributed by atoms with Crippen LogP contribution in [-0.2, 0) is 11.3 Å². The SMILES string of the molecule is CC(C)N(Cc1ccc(N)cc1)C1CCOC2(CCC2)C1. The van der Waals surface area contributed by atoms with Gasteiger partial charge in [-0.25, -0.2) is 0 Å². The zero-order valence-corrected chi connectivity index (χ0v) is 13.3. The Morgan fingerprint density at radius 3 is 2.57 bits per heavy atom. The van der Waals surface area contributed by atoms with Gasteiger partial charge in [-0.1, -0.05) is 12.1 Å². The molecular formula is C18H28N2O. The summed E-state index contributed by atoms with van der Waals surface area (Å²) in [6, 6.07) is 9.53. The summed E-state index contributed by atoms with van der Waals surface area (Å²) in [5.41, 5.74) is 8.21. The Bertz CT molecular complexity index is 465. The van der Waals surface area contributed by atoms with E-state index in [1.807, 2.05) is 12.1 Å². The fourth-order valence-electron chi connectivity index (χ4n) is 3.77. The molecule has 2 fully saturated rings. The molecule has 3 nitrogen and oxygen atoms in total. The lowest BCUT2D eigenvalue weighted by molar-refractivity contribution is -0.152. The molecule has 1 unspecified atom stereocenters. The molecule has 1 atom stereocenters. The summed E-state index contributed by atoms with van der Waals surface area (Å²) in [4.78, 5) is 2.65. The molecule has 1 aromatic rings. The summed E-state index contributed by atoms with van der Waals surface area (Å²) in [5.74, 6) is 0. The highest BCUT2D eigenvalue weighted by Crippen LogP contribution is 2.43. The first-order chi connectivity index (χ1) is 10.1. The highest BCUT2D eigenvalue weighted by Gasteiger charge is 2.44. The average molecular weight is 288 g/mol. The first kappa shape index (κ1) is 14.9. The van der Waals surface area contributed by atoms with E-state index < -0.39 is 0 Å². The Morgan fingerprint density at radius 2 is 2.00 bits per heavy atom. The molecule has 3 heteroatoms. The normalized spacial score (nSPS) is 24.5. The fourth-order valence-corrected chi connectivity index (χ4v) is 3.77. The second-order valence-corrected chi connectivity index (χ2v) is 7.04. The van der Waals surface area contributed by atoms with Crippen LogP contribution in [-0.4, -0.2) is 29.2 Å². The highest BCUT2D eigenvalue weighted by atomic mass is 16.5. The third-order valence-corrected chi connectivity index (χ3v) is 5.21. The molecule has 116 valence electrons. The quantitative estimate of drug-likeness (QED) is 0.861. The molecule has 3 rings (SSSR count). The van der Waals surface area contributed by atoms with Gasteiger partial charge < -0.3 is 10.5 Å². The van der Waals surface area contributed by atoms with E-state index in [0.29, 0.717) is 12.1 Å². The molecule has 1 spiro atoms. The Labute approximate surface area is 128 Å². The van der Waals surface area contributed by atoms with Crippen LogP contribution in [0.15, 0.2) is 24.3 Å². The van der Waals surface area contributed by atoms with Gasteiger partial charge in [-0.3, -0.25) is 4.90 Å². The minimum absolute atomic E-state index is 0.219. The third-order valence-electron chi connectivity index (χ3n) is 5.21. The van der Waals surface area contributed by atoms with Crippen molar-refractivity contribution >= 4 is 5.69 Å². The molecule has 0 bridgehead atoms. The van der Waals surface area contributed by atoms with Crippen LogP contribution >= 0.6 is 0 Å². The van der Waals surface area contributed by atoms with Crippen molar-refractivity contribution < 1.29 is 4.74 Å². The number of anilines is 1. The van der Waals surface area contributed by atoms with Gasteiger partial charge in [0.2, 0.25) is 0 Å². The molecule has 0 aromatic heterocycles. The van der Waals surface area contributed by atoms with Gasteiger partial charge in [-0.05, 0) is 63.6 Å². The minimum Gasteiger partial charge on any atom is -0.399 e. The second-order valence-electron chi connectivity index (χ2n) is 7.04. The predicted molar refractivity (Wildman–Crippen MR) is 87.1 cm³/mol. The Kier molecular flexibility index (Phi) is 4.23. The lowest BCUT2D eigenvalue weighted by Gasteiger charge is -2.50. The predicted octanol–water partition coefficient (Wildman–Crippen LogP) is 3.58. The topological polar surface area (TPSA) is 38.5 Å². The summed E-state index contributed by atoms with van der Waals surface area (Å²) in [7, 11) is 0. The van der Waals surface area contributed by atoms with Crippen molar-refractivity contribution in [3.8, 4) is 0 Å². The number of nitrogens with zero attached hydrogens (tertiary/aromatic N) is 1. The average Bonchev–Trinajstić information content (AvgIpc) is 2.45. The molecule has 0 amide bonds. The molecule has 21 heavy (non-hydrogen) atoms. The maximum Gasteiger partial charge on any atom is 0.0697 e. The van der Waals surface area contributed by atoms with Crippen molar-refractivity contribution in [2.45, 2.75) is 70.2 Å². The van der Waals surface area contributed by atoms with Crippen molar-refractivity contribution in [3.05, 3.63) is 29.8 Å². The number of hydrogen-bond acceptors (Lipinski definition) is 3.